The van der Waals surface area contributed by atoms with Crippen LogP contribution < -0.4 is 20.7 Å². The van der Waals surface area contributed by atoms with E-state index in [-0.39, 0.29) is 18.1 Å². The standard InChI is InChI=1S/C26H33N3O5/c1-17(27-3)24(31)29-22(15-19-10-12-20(33-4)13-11-19)25(32)28-21(23(30)26(2)16-34-26)14-18-8-6-5-7-9-18/h5-13,17,21-22,27H,14-16H2,1-4H3,(H,28,32)(H,29,31)/t17-,21-,22-,26+/m0/s1. The number of amides is 2. The van der Waals surface area contributed by atoms with Gasteiger partial charge in [-0.2, -0.15) is 0 Å². The molecule has 0 radical (unpaired) electrons. The largest absolute Gasteiger partial charge is 0.497 e. The molecule has 0 bridgehead atoms. The summed E-state index contributed by atoms with van der Waals surface area (Å²) in [6.07, 6.45) is 0.596. The number of Topliss-reactive ketones (excluding diaryl/α,β-unsaturated/α-hetero) is 1. The summed E-state index contributed by atoms with van der Waals surface area (Å²) in [5.74, 6) is -0.211. The predicted molar refractivity (Wildman–Crippen MR) is 129 cm³/mol. The Bertz CT molecular complexity index is 989. The van der Waals surface area contributed by atoms with Crippen molar-refractivity contribution >= 4 is 17.6 Å². The highest BCUT2D eigenvalue weighted by Gasteiger charge is 2.50. The van der Waals surface area contributed by atoms with Gasteiger partial charge in [-0.1, -0.05) is 42.5 Å². The minimum atomic E-state index is -0.887. The number of methoxy groups -OCH3 is 1. The zero-order valence-electron chi connectivity index (χ0n) is 20.1. The van der Waals surface area contributed by atoms with Crippen molar-refractivity contribution in [2.75, 3.05) is 20.8 Å². The normalized spacial score (nSPS) is 19.4. The number of hydrogen-bond donors (Lipinski definition) is 3. The van der Waals surface area contributed by atoms with E-state index in [0.29, 0.717) is 18.8 Å². The van der Waals surface area contributed by atoms with Crippen LogP contribution >= 0.6 is 0 Å². The molecule has 4 atom stereocenters. The monoisotopic (exact) mass is 467 g/mol. The SMILES string of the molecule is CN[C@@H](C)C(=O)N[C@@H](Cc1ccc(OC)cc1)C(=O)N[C@@H](Cc1ccccc1)C(=O)[C@@]1(C)CO1. The second-order valence-electron chi connectivity index (χ2n) is 8.76. The van der Waals surface area contributed by atoms with E-state index in [1.807, 2.05) is 42.5 Å². The van der Waals surface area contributed by atoms with Crippen LogP contribution in [-0.2, 0) is 32.0 Å². The highest BCUT2D eigenvalue weighted by Crippen LogP contribution is 2.29. The van der Waals surface area contributed by atoms with Gasteiger partial charge in [0.05, 0.1) is 25.8 Å². The highest BCUT2D eigenvalue weighted by atomic mass is 16.6. The molecule has 8 heteroatoms. The molecule has 2 aromatic carbocycles. The molecule has 2 amide bonds. The number of carbonyl (C=O) groups is 3. The first-order chi connectivity index (χ1) is 16.3. The molecule has 182 valence electrons. The average molecular weight is 468 g/mol. The van der Waals surface area contributed by atoms with Crippen LogP contribution in [0.1, 0.15) is 25.0 Å². The first-order valence-corrected chi connectivity index (χ1v) is 11.4. The van der Waals surface area contributed by atoms with Gasteiger partial charge in [-0.15, -0.1) is 0 Å². The van der Waals surface area contributed by atoms with Crippen molar-refractivity contribution in [3.63, 3.8) is 0 Å². The maximum Gasteiger partial charge on any atom is 0.243 e. The van der Waals surface area contributed by atoms with Crippen molar-refractivity contribution in [2.45, 2.75) is 50.4 Å². The van der Waals surface area contributed by atoms with E-state index in [1.54, 1.807) is 40.1 Å². The predicted octanol–water partition coefficient (Wildman–Crippen LogP) is 1.42. The van der Waals surface area contributed by atoms with Gasteiger partial charge in [0.1, 0.15) is 17.4 Å². The van der Waals surface area contributed by atoms with Crippen molar-refractivity contribution in [3.8, 4) is 5.75 Å². The number of epoxide rings is 1. The summed E-state index contributed by atoms with van der Waals surface area (Å²) >= 11 is 0. The molecular formula is C26H33N3O5. The molecule has 3 N–H and O–H groups in total. The van der Waals surface area contributed by atoms with Crippen LogP contribution in [0.25, 0.3) is 0 Å². The Labute approximate surface area is 200 Å². The molecular weight excluding hydrogens is 434 g/mol. The van der Waals surface area contributed by atoms with Gasteiger partial charge in [-0.25, -0.2) is 0 Å². The lowest BCUT2D eigenvalue weighted by Crippen LogP contribution is -2.56. The topological polar surface area (TPSA) is 109 Å². The Morgan fingerprint density at radius 3 is 2.06 bits per heavy atom. The van der Waals surface area contributed by atoms with Crippen molar-refractivity contribution in [1.82, 2.24) is 16.0 Å². The Hall–Kier alpha value is -3.23. The third-order valence-electron chi connectivity index (χ3n) is 6.07. The molecule has 34 heavy (non-hydrogen) atoms. The molecule has 1 aliphatic heterocycles. The summed E-state index contributed by atoms with van der Waals surface area (Å²) in [4.78, 5) is 39.1. The Morgan fingerprint density at radius 1 is 0.941 bits per heavy atom. The molecule has 3 rings (SSSR count). The van der Waals surface area contributed by atoms with E-state index >= 15 is 0 Å². The number of likely N-dealkylation sites (N-methyl/N-ethyl adjacent to an activating group) is 1. The van der Waals surface area contributed by atoms with E-state index in [9.17, 15) is 14.4 Å². The van der Waals surface area contributed by atoms with Gasteiger partial charge in [0.25, 0.3) is 0 Å². The fraction of sp³-hybridized carbons (Fsp3) is 0.423. The van der Waals surface area contributed by atoms with E-state index in [1.165, 1.54) is 0 Å². The number of nitrogens with one attached hydrogen (secondary N) is 3. The van der Waals surface area contributed by atoms with Crippen molar-refractivity contribution in [2.24, 2.45) is 0 Å². The van der Waals surface area contributed by atoms with Crippen LogP contribution in [0.4, 0.5) is 0 Å². The molecule has 0 saturated carbocycles. The molecule has 0 aromatic heterocycles. The van der Waals surface area contributed by atoms with E-state index in [4.69, 9.17) is 9.47 Å². The minimum absolute atomic E-state index is 0.178. The summed E-state index contributed by atoms with van der Waals surface area (Å²) in [5, 5.41) is 8.59. The Balaban J connectivity index is 1.80. The molecule has 2 aromatic rings. The quantitative estimate of drug-likeness (QED) is 0.408. The third kappa shape index (κ3) is 6.65. The smallest absolute Gasteiger partial charge is 0.243 e. The van der Waals surface area contributed by atoms with Gasteiger partial charge < -0.3 is 25.4 Å². The van der Waals surface area contributed by atoms with Gasteiger partial charge in [0.15, 0.2) is 5.78 Å². The summed E-state index contributed by atoms with van der Waals surface area (Å²) in [5.41, 5.74) is 0.883. The van der Waals surface area contributed by atoms with Gasteiger partial charge in [0.2, 0.25) is 11.8 Å². The highest BCUT2D eigenvalue weighted by molar-refractivity contribution is 5.98. The number of ketones is 1. The van der Waals surface area contributed by atoms with E-state index < -0.39 is 29.6 Å². The lowest BCUT2D eigenvalue weighted by Gasteiger charge is -2.25. The van der Waals surface area contributed by atoms with E-state index in [2.05, 4.69) is 16.0 Å². The maximum absolute atomic E-state index is 13.4. The van der Waals surface area contributed by atoms with Crippen molar-refractivity contribution in [3.05, 3.63) is 65.7 Å². The molecule has 0 unspecified atom stereocenters. The van der Waals surface area contributed by atoms with Gasteiger partial charge in [-0.3, -0.25) is 14.4 Å². The van der Waals surface area contributed by atoms with Crippen LogP contribution in [0.5, 0.6) is 5.75 Å². The first-order valence-electron chi connectivity index (χ1n) is 11.4. The molecule has 1 saturated heterocycles. The Kier molecular flexibility index (Phi) is 8.41. The molecule has 1 fully saturated rings. The van der Waals surface area contributed by atoms with Gasteiger partial charge in [0, 0.05) is 6.42 Å². The van der Waals surface area contributed by atoms with Crippen LogP contribution in [-0.4, -0.2) is 62.1 Å². The molecule has 8 nitrogen and oxygen atoms in total. The summed E-state index contributed by atoms with van der Waals surface area (Å²) in [6.45, 7) is 3.77. The molecule has 1 aliphatic rings. The average Bonchev–Trinajstić information content (AvgIpc) is 3.61. The Morgan fingerprint density at radius 2 is 1.50 bits per heavy atom. The molecule has 1 heterocycles. The number of benzene rings is 2. The number of ether oxygens (including phenoxy) is 2. The van der Waals surface area contributed by atoms with Gasteiger partial charge >= 0.3 is 0 Å². The summed E-state index contributed by atoms with van der Waals surface area (Å²) in [6, 6.07) is 14.7. The van der Waals surface area contributed by atoms with Crippen molar-refractivity contribution in [1.29, 1.82) is 0 Å². The van der Waals surface area contributed by atoms with Crippen LogP contribution in [0.15, 0.2) is 54.6 Å². The lowest BCUT2D eigenvalue weighted by atomic mass is 9.94. The summed E-state index contributed by atoms with van der Waals surface area (Å²) < 4.78 is 10.6. The number of carbonyl (C=O) groups excluding carboxylic acids is 3. The fourth-order valence-corrected chi connectivity index (χ4v) is 3.58. The molecule has 0 aliphatic carbocycles. The molecule has 0 spiro atoms. The van der Waals surface area contributed by atoms with E-state index in [0.717, 1.165) is 11.1 Å². The third-order valence-corrected chi connectivity index (χ3v) is 6.07. The second kappa shape index (κ2) is 11.3. The zero-order chi connectivity index (χ0) is 24.7. The number of hydrogen-bond acceptors (Lipinski definition) is 6. The maximum atomic E-state index is 13.4. The van der Waals surface area contributed by atoms with Crippen LogP contribution in [0, 0.1) is 0 Å². The minimum Gasteiger partial charge on any atom is -0.497 e. The summed E-state index contributed by atoms with van der Waals surface area (Å²) in [7, 11) is 3.26. The number of rotatable bonds is 12. The fourth-order valence-electron chi connectivity index (χ4n) is 3.58. The van der Waals surface area contributed by atoms with Gasteiger partial charge in [-0.05, 0) is 50.6 Å². The van der Waals surface area contributed by atoms with Crippen molar-refractivity contribution < 1.29 is 23.9 Å². The second-order valence-corrected chi connectivity index (χ2v) is 8.76. The van der Waals surface area contributed by atoms with Crippen LogP contribution in [0.2, 0.25) is 0 Å². The van der Waals surface area contributed by atoms with Crippen LogP contribution in [0.3, 0.4) is 0 Å². The zero-order valence-corrected chi connectivity index (χ0v) is 20.1. The first kappa shape index (κ1) is 25.4. The lowest BCUT2D eigenvalue weighted by molar-refractivity contribution is -0.133.